The molecule has 1 amide bonds. The molecule has 1 aromatic carbocycles. The first-order valence-electron chi connectivity index (χ1n) is 7.11. The number of hydrogen-bond donors (Lipinski definition) is 2. The maximum atomic E-state index is 11.4. The highest BCUT2D eigenvalue weighted by molar-refractivity contribution is 6.48. The molecule has 0 radical (unpaired) electrons. The standard InChI is InChI=1S/C15H15N5O5/c1-8(21)16-15(20-25-10(3)23)13(19-24-9(2)22)14-17-11-6-4-5-7-12(11)18-14/h4-7H,1-3H3,(H,17,18)(H,16,20,21). The van der Waals surface area contributed by atoms with E-state index in [4.69, 9.17) is 0 Å². The van der Waals surface area contributed by atoms with Crippen LogP contribution in [0.2, 0.25) is 0 Å². The molecule has 2 rings (SSSR count). The van der Waals surface area contributed by atoms with Crippen molar-refractivity contribution in [2.45, 2.75) is 20.8 Å². The van der Waals surface area contributed by atoms with E-state index >= 15 is 0 Å². The number of carbonyl (C=O) groups is 3. The second kappa shape index (κ2) is 7.81. The summed E-state index contributed by atoms with van der Waals surface area (Å²) in [7, 11) is 0. The molecule has 2 aromatic rings. The number of aromatic amines is 1. The van der Waals surface area contributed by atoms with E-state index in [1.54, 1.807) is 24.3 Å². The maximum absolute atomic E-state index is 11.4. The SMILES string of the molecule is CC(=O)NC(=NOC(C)=O)C(=NOC(C)=O)c1nc2ccccc2[nH]1. The minimum absolute atomic E-state index is 0.122. The number of benzene rings is 1. The van der Waals surface area contributed by atoms with Crippen molar-refractivity contribution < 1.29 is 24.1 Å². The van der Waals surface area contributed by atoms with Crippen LogP contribution in [0.15, 0.2) is 34.6 Å². The van der Waals surface area contributed by atoms with Crippen molar-refractivity contribution in [3.05, 3.63) is 30.1 Å². The Kier molecular flexibility index (Phi) is 5.56. The summed E-state index contributed by atoms with van der Waals surface area (Å²) >= 11 is 0. The van der Waals surface area contributed by atoms with Gasteiger partial charge in [0.15, 0.2) is 11.5 Å². The van der Waals surface area contributed by atoms with Gasteiger partial charge in [0.2, 0.25) is 11.7 Å². The first-order valence-corrected chi connectivity index (χ1v) is 7.11. The fourth-order valence-electron chi connectivity index (χ4n) is 1.78. The first-order chi connectivity index (χ1) is 11.9. The fraction of sp³-hybridized carbons (Fsp3) is 0.200. The molecule has 0 unspecified atom stereocenters. The summed E-state index contributed by atoms with van der Waals surface area (Å²) < 4.78 is 0. The van der Waals surface area contributed by atoms with Crippen LogP contribution < -0.4 is 5.32 Å². The molecule has 10 nitrogen and oxygen atoms in total. The molecule has 0 atom stereocenters. The van der Waals surface area contributed by atoms with Crippen molar-refractivity contribution in [3.8, 4) is 0 Å². The van der Waals surface area contributed by atoms with Crippen molar-refractivity contribution in [3.63, 3.8) is 0 Å². The molecular weight excluding hydrogens is 330 g/mol. The number of rotatable bonds is 4. The van der Waals surface area contributed by atoms with Gasteiger partial charge in [-0.2, -0.15) is 0 Å². The number of aromatic nitrogens is 2. The van der Waals surface area contributed by atoms with Gasteiger partial charge in [0.05, 0.1) is 11.0 Å². The smallest absolute Gasteiger partial charge is 0.332 e. The third-order valence-corrected chi connectivity index (χ3v) is 2.66. The van der Waals surface area contributed by atoms with Gasteiger partial charge >= 0.3 is 11.9 Å². The van der Waals surface area contributed by atoms with Crippen LogP contribution >= 0.6 is 0 Å². The van der Waals surface area contributed by atoms with E-state index in [9.17, 15) is 14.4 Å². The lowest BCUT2D eigenvalue weighted by Crippen LogP contribution is -2.36. The third-order valence-electron chi connectivity index (χ3n) is 2.66. The van der Waals surface area contributed by atoms with Crippen molar-refractivity contribution >= 4 is 40.4 Å². The normalized spacial score (nSPS) is 12.0. The van der Waals surface area contributed by atoms with Crippen LogP contribution in [-0.4, -0.2) is 39.4 Å². The van der Waals surface area contributed by atoms with Crippen LogP contribution in [0.4, 0.5) is 0 Å². The molecule has 1 heterocycles. The Hall–Kier alpha value is -3.56. The molecule has 0 aliphatic carbocycles. The molecule has 0 spiro atoms. The summed E-state index contributed by atoms with van der Waals surface area (Å²) in [6.07, 6.45) is 0. The molecule has 1 aromatic heterocycles. The molecule has 0 bridgehead atoms. The van der Waals surface area contributed by atoms with Crippen LogP contribution in [0.1, 0.15) is 26.6 Å². The van der Waals surface area contributed by atoms with Gasteiger partial charge in [-0.1, -0.05) is 22.4 Å². The number of amidine groups is 1. The zero-order valence-electron chi connectivity index (χ0n) is 13.7. The second-order valence-electron chi connectivity index (χ2n) is 4.83. The number of imidazole rings is 1. The average Bonchev–Trinajstić information content (AvgIpc) is 2.95. The van der Waals surface area contributed by atoms with Crippen LogP contribution in [-0.2, 0) is 24.1 Å². The lowest BCUT2D eigenvalue weighted by molar-refractivity contribution is -0.142. The van der Waals surface area contributed by atoms with E-state index in [-0.39, 0.29) is 17.4 Å². The van der Waals surface area contributed by atoms with Gasteiger partial charge in [-0.15, -0.1) is 0 Å². The minimum Gasteiger partial charge on any atom is -0.336 e. The van der Waals surface area contributed by atoms with Gasteiger partial charge in [0, 0.05) is 20.8 Å². The Labute approximate surface area is 141 Å². The molecule has 0 saturated heterocycles. The Balaban J connectivity index is 2.53. The largest absolute Gasteiger partial charge is 0.336 e. The van der Waals surface area contributed by atoms with Crippen molar-refractivity contribution in [1.29, 1.82) is 0 Å². The molecule has 0 fully saturated rings. The summed E-state index contributed by atoms with van der Waals surface area (Å²) in [5.74, 6) is -2.00. The Bertz CT molecular complexity index is 850. The van der Waals surface area contributed by atoms with E-state index in [2.05, 4.69) is 35.3 Å². The van der Waals surface area contributed by atoms with Gasteiger partial charge < -0.3 is 20.0 Å². The predicted octanol–water partition coefficient (Wildman–Crippen LogP) is 0.843. The summed E-state index contributed by atoms with van der Waals surface area (Å²) in [6, 6.07) is 7.11. The molecule has 0 aliphatic heterocycles. The second-order valence-corrected chi connectivity index (χ2v) is 4.83. The number of fused-ring (bicyclic) bond motifs is 1. The quantitative estimate of drug-likeness (QED) is 0.365. The molecule has 0 saturated carbocycles. The number of hydrogen-bond acceptors (Lipinski definition) is 8. The van der Waals surface area contributed by atoms with Crippen LogP contribution in [0.25, 0.3) is 11.0 Å². The lowest BCUT2D eigenvalue weighted by atomic mass is 10.3. The van der Waals surface area contributed by atoms with Gasteiger partial charge in [-0.25, -0.2) is 14.6 Å². The summed E-state index contributed by atoms with van der Waals surface area (Å²) in [5, 5.41) is 9.55. The molecule has 25 heavy (non-hydrogen) atoms. The van der Waals surface area contributed by atoms with Gasteiger partial charge in [0.25, 0.3) is 0 Å². The minimum atomic E-state index is -0.709. The molecule has 130 valence electrons. The number of H-pyrrole nitrogens is 1. The zero-order chi connectivity index (χ0) is 18.4. The van der Waals surface area contributed by atoms with E-state index in [0.29, 0.717) is 11.0 Å². The number of oxime groups is 2. The summed E-state index contributed by atoms with van der Waals surface area (Å²) in [4.78, 5) is 50.0. The van der Waals surface area contributed by atoms with Gasteiger partial charge in [-0.3, -0.25) is 4.79 Å². The molecular formula is C15H15N5O5. The number of amides is 1. The Morgan fingerprint density at radius 2 is 1.68 bits per heavy atom. The van der Waals surface area contributed by atoms with E-state index in [0.717, 1.165) is 13.8 Å². The maximum Gasteiger partial charge on any atom is 0.332 e. The number of nitrogens with zero attached hydrogens (tertiary/aromatic N) is 3. The zero-order valence-corrected chi connectivity index (χ0v) is 13.7. The molecule has 10 heteroatoms. The molecule has 2 N–H and O–H groups in total. The number of nitrogens with one attached hydrogen (secondary N) is 2. The summed E-state index contributed by atoms with van der Waals surface area (Å²) in [5.41, 5.74) is 1.17. The third kappa shape index (κ3) is 4.96. The number of para-hydroxylation sites is 2. The average molecular weight is 345 g/mol. The topological polar surface area (TPSA) is 135 Å². The fourth-order valence-corrected chi connectivity index (χ4v) is 1.78. The van der Waals surface area contributed by atoms with Crippen LogP contribution in [0.3, 0.4) is 0 Å². The predicted molar refractivity (Wildman–Crippen MR) is 87.4 cm³/mol. The summed E-state index contributed by atoms with van der Waals surface area (Å²) in [6.45, 7) is 3.52. The number of carbonyl (C=O) groups excluding carboxylic acids is 3. The highest BCUT2D eigenvalue weighted by Crippen LogP contribution is 2.11. The highest BCUT2D eigenvalue weighted by Gasteiger charge is 2.20. The van der Waals surface area contributed by atoms with Crippen LogP contribution in [0, 0.1) is 0 Å². The van der Waals surface area contributed by atoms with Crippen molar-refractivity contribution in [2.75, 3.05) is 0 Å². The van der Waals surface area contributed by atoms with E-state index in [1.807, 2.05) is 0 Å². The lowest BCUT2D eigenvalue weighted by Gasteiger charge is -2.07. The Morgan fingerprint density at radius 3 is 2.28 bits per heavy atom. The van der Waals surface area contributed by atoms with Gasteiger partial charge in [0.1, 0.15) is 0 Å². The highest BCUT2D eigenvalue weighted by atomic mass is 16.7. The van der Waals surface area contributed by atoms with E-state index < -0.39 is 17.8 Å². The van der Waals surface area contributed by atoms with Gasteiger partial charge in [-0.05, 0) is 12.1 Å². The first kappa shape index (κ1) is 17.8. The van der Waals surface area contributed by atoms with Crippen LogP contribution in [0.5, 0.6) is 0 Å². The Morgan fingerprint density at radius 1 is 1.04 bits per heavy atom. The molecule has 0 aliphatic rings. The monoisotopic (exact) mass is 345 g/mol. The van der Waals surface area contributed by atoms with Crippen molar-refractivity contribution in [2.24, 2.45) is 10.3 Å². The van der Waals surface area contributed by atoms with E-state index in [1.165, 1.54) is 6.92 Å². The van der Waals surface area contributed by atoms with Crippen molar-refractivity contribution in [1.82, 2.24) is 15.3 Å².